The second kappa shape index (κ2) is 4.06. The summed E-state index contributed by atoms with van der Waals surface area (Å²) < 4.78 is 0. The van der Waals surface area contributed by atoms with Crippen molar-refractivity contribution in [3.8, 4) is 0 Å². The van der Waals surface area contributed by atoms with Gasteiger partial charge in [-0.1, -0.05) is 0 Å². The molecule has 3 amide bonds. The molecule has 0 aliphatic carbocycles. The number of nitrogens with one attached hydrogen (secondary N) is 2. The molecule has 5 heteroatoms. The molecule has 0 bridgehead atoms. The van der Waals surface area contributed by atoms with Gasteiger partial charge in [-0.15, -0.1) is 0 Å². The van der Waals surface area contributed by atoms with Crippen LogP contribution in [0.5, 0.6) is 0 Å². The summed E-state index contributed by atoms with van der Waals surface area (Å²) in [5, 5.41) is 5.35. The molecule has 1 fully saturated rings. The van der Waals surface area contributed by atoms with Crippen LogP contribution in [0.2, 0.25) is 0 Å². The predicted molar refractivity (Wildman–Crippen MR) is 43.7 cm³/mol. The van der Waals surface area contributed by atoms with E-state index < -0.39 is 0 Å². The monoisotopic (exact) mass is 171 g/mol. The van der Waals surface area contributed by atoms with Crippen LogP contribution in [0.4, 0.5) is 4.79 Å². The molecule has 0 aromatic rings. The third kappa shape index (κ3) is 2.50. The number of carbonyl (C=O) groups is 2. The minimum atomic E-state index is -0.307. The molecule has 0 saturated carbocycles. The number of carbonyl (C=O) groups excluding carboxylic acids is 2. The van der Waals surface area contributed by atoms with E-state index in [9.17, 15) is 9.59 Å². The van der Waals surface area contributed by atoms with Gasteiger partial charge in [-0.05, 0) is 0 Å². The highest BCUT2D eigenvalue weighted by molar-refractivity contribution is 5.93. The highest BCUT2D eigenvalue weighted by Gasteiger charge is 2.16. The Balaban J connectivity index is 2.34. The van der Waals surface area contributed by atoms with E-state index in [1.54, 1.807) is 4.90 Å². The van der Waals surface area contributed by atoms with Crippen molar-refractivity contribution in [1.29, 1.82) is 0 Å². The molecule has 12 heavy (non-hydrogen) atoms. The molecule has 0 atom stereocenters. The first-order chi connectivity index (χ1) is 5.70. The lowest BCUT2D eigenvalue weighted by molar-refractivity contribution is -0.118. The van der Waals surface area contributed by atoms with E-state index in [2.05, 4.69) is 10.6 Å². The fourth-order valence-corrected chi connectivity index (χ4v) is 1.10. The Morgan fingerprint density at radius 2 is 1.92 bits per heavy atom. The van der Waals surface area contributed by atoms with Gasteiger partial charge in [0.1, 0.15) is 0 Å². The minimum absolute atomic E-state index is 0.288. The average Bonchev–Trinajstić information content (AvgIpc) is 2.05. The maximum atomic E-state index is 11.2. The zero-order valence-electron chi connectivity index (χ0n) is 7.09. The number of imide groups is 1. The molecule has 0 spiro atoms. The normalized spacial score (nSPS) is 17.2. The molecule has 0 aromatic heterocycles. The summed E-state index contributed by atoms with van der Waals surface area (Å²) >= 11 is 0. The van der Waals surface area contributed by atoms with Gasteiger partial charge in [-0.2, -0.15) is 0 Å². The van der Waals surface area contributed by atoms with Crippen LogP contribution >= 0.6 is 0 Å². The summed E-state index contributed by atoms with van der Waals surface area (Å²) in [5.74, 6) is -0.307. The summed E-state index contributed by atoms with van der Waals surface area (Å²) in [6, 6.07) is -0.288. The van der Waals surface area contributed by atoms with Crippen molar-refractivity contribution >= 4 is 11.9 Å². The maximum Gasteiger partial charge on any atom is 0.324 e. The number of urea groups is 1. The van der Waals surface area contributed by atoms with E-state index in [4.69, 9.17) is 0 Å². The Kier molecular flexibility index (Phi) is 3.04. The second-order valence-corrected chi connectivity index (χ2v) is 2.72. The van der Waals surface area contributed by atoms with Crippen LogP contribution in [0.3, 0.4) is 0 Å². The highest BCUT2D eigenvalue weighted by atomic mass is 16.2. The van der Waals surface area contributed by atoms with Crippen LogP contribution in [-0.4, -0.2) is 43.0 Å². The zero-order valence-corrected chi connectivity index (χ0v) is 7.09. The SMILES string of the molecule is CC(=O)NC(=O)N1CCNCC1. The molecule has 68 valence electrons. The molecule has 5 nitrogen and oxygen atoms in total. The van der Waals surface area contributed by atoms with Crippen molar-refractivity contribution in [2.75, 3.05) is 26.2 Å². The molecule has 1 rings (SSSR count). The van der Waals surface area contributed by atoms with Crippen LogP contribution in [0.25, 0.3) is 0 Å². The summed E-state index contributed by atoms with van der Waals surface area (Å²) in [6.07, 6.45) is 0. The number of amides is 3. The summed E-state index contributed by atoms with van der Waals surface area (Å²) in [6.45, 7) is 4.26. The van der Waals surface area contributed by atoms with Gasteiger partial charge in [0.15, 0.2) is 0 Å². The molecule has 1 aliphatic rings. The molecule has 2 N–H and O–H groups in total. The molecule has 0 unspecified atom stereocenters. The van der Waals surface area contributed by atoms with Crippen molar-refractivity contribution in [2.24, 2.45) is 0 Å². The van der Waals surface area contributed by atoms with E-state index in [0.29, 0.717) is 13.1 Å². The van der Waals surface area contributed by atoms with Gasteiger partial charge in [-0.25, -0.2) is 4.79 Å². The third-order valence-corrected chi connectivity index (χ3v) is 1.69. The molecular formula is C7H13N3O2. The predicted octanol–water partition coefficient (Wildman–Crippen LogP) is -0.852. The lowest BCUT2D eigenvalue weighted by atomic mass is 10.4. The Morgan fingerprint density at radius 3 is 2.42 bits per heavy atom. The number of hydrogen-bond acceptors (Lipinski definition) is 3. The van der Waals surface area contributed by atoms with Gasteiger partial charge in [-0.3, -0.25) is 10.1 Å². The third-order valence-electron chi connectivity index (χ3n) is 1.69. The topological polar surface area (TPSA) is 61.4 Å². The van der Waals surface area contributed by atoms with Gasteiger partial charge in [0.25, 0.3) is 0 Å². The van der Waals surface area contributed by atoms with Crippen molar-refractivity contribution in [3.63, 3.8) is 0 Å². The van der Waals surface area contributed by atoms with Crippen LogP contribution < -0.4 is 10.6 Å². The molecule has 1 aliphatic heterocycles. The van der Waals surface area contributed by atoms with Gasteiger partial charge in [0.05, 0.1) is 0 Å². The summed E-state index contributed by atoms with van der Waals surface area (Å²) in [4.78, 5) is 23.3. The molecular weight excluding hydrogens is 158 g/mol. The smallest absolute Gasteiger partial charge is 0.322 e. The molecule has 1 heterocycles. The largest absolute Gasteiger partial charge is 0.324 e. The standard InChI is InChI=1S/C7H13N3O2/c1-6(11)9-7(12)10-4-2-8-3-5-10/h8H,2-5H2,1H3,(H,9,11,12). The van der Waals surface area contributed by atoms with Crippen molar-refractivity contribution < 1.29 is 9.59 Å². The zero-order chi connectivity index (χ0) is 8.97. The number of hydrogen-bond donors (Lipinski definition) is 2. The molecule has 1 saturated heterocycles. The minimum Gasteiger partial charge on any atom is -0.322 e. The highest BCUT2D eigenvalue weighted by Crippen LogP contribution is 1.91. The lowest BCUT2D eigenvalue weighted by Gasteiger charge is -2.26. The van der Waals surface area contributed by atoms with Gasteiger partial charge in [0, 0.05) is 33.1 Å². The van der Waals surface area contributed by atoms with Gasteiger partial charge >= 0.3 is 6.03 Å². The van der Waals surface area contributed by atoms with Crippen LogP contribution in [0, 0.1) is 0 Å². The van der Waals surface area contributed by atoms with E-state index in [1.807, 2.05) is 0 Å². The van der Waals surface area contributed by atoms with Crippen molar-refractivity contribution in [3.05, 3.63) is 0 Å². The van der Waals surface area contributed by atoms with Crippen LogP contribution in [0.1, 0.15) is 6.92 Å². The lowest BCUT2D eigenvalue weighted by Crippen LogP contribution is -2.51. The van der Waals surface area contributed by atoms with Gasteiger partial charge in [0.2, 0.25) is 5.91 Å². The Labute approximate surface area is 71.1 Å². The van der Waals surface area contributed by atoms with Crippen molar-refractivity contribution in [1.82, 2.24) is 15.5 Å². The average molecular weight is 171 g/mol. The number of piperazine rings is 1. The molecule has 0 radical (unpaired) electrons. The summed E-state index contributed by atoms with van der Waals surface area (Å²) in [5.41, 5.74) is 0. The van der Waals surface area contributed by atoms with E-state index in [1.165, 1.54) is 6.92 Å². The quantitative estimate of drug-likeness (QED) is 0.499. The Bertz CT molecular complexity index is 187. The number of nitrogens with zero attached hydrogens (tertiary/aromatic N) is 1. The maximum absolute atomic E-state index is 11.2. The van der Waals surface area contributed by atoms with Crippen molar-refractivity contribution in [2.45, 2.75) is 6.92 Å². The first kappa shape index (κ1) is 8.99. The van der Waals surface area contributed by atoms with E-state index >= 15 is 0 Å². The Morgan fingerprint density at radius 1 is 1.33 bits per heavy atom. The van der Waals surface area contributed by atoms with Crippen LogP contribution in [-0.2, 0) is 4.79 Å². The Hall–Kier alpha value is -1.10. The van der Waals surface area contributed by atoms with Gasteiger partial charge < -0.3 is 10.2 Å². The number of rotatable bonds is 0. The fraction of sp³-hybridized carbons (Fsp3) is 0.714. The first-order valence-electron chi connectivity index (χ1n) is 3.97. The second-order valence-electron chi connectivity index (χ2n) is 2.72. The summed E-state index contributed by atoms with van der Waals surface area (Å²) in [7, 11) is 0. The van der Waals surface area contributed by atoms with Crippen LogP contribution in [0.15, 0.2) is 0 Å². The van der Waals surface area contributed by atoms with E-state index in [0.717, 1.165) is 13.1 Å². The van der Waals surface area contributed by atoms with E-state index in [-0.39, 0.29) is 11.9 Å². The fourth-order valence-electron chi connectivity index (χ4n) is 1.10. The first-order valence-corrected chi connectivity index (χ1v) is 3.97. The molecule has 0 aromatic carbocycles.